The highest BCUT2D eigenvalue weighted by molar-refractivity contribution is 9.10. The molecular weight excluding hydrogens is 359 g/mol. The summed E-state index contributed by atoms with van der Waals surface area (Å²) in [5, 5.41) is 3.22. The molecule has 2 aromatic carbocycles. The highest BCUT2D eigenvalue weighted by Gasteiger charge is 2.22. The number of nitrogens with two attached hydrogens (primary N) is 1. The maximum Gasteiger partial charge on any atom is 0.228 e. The molecule has 0 saturated carbocycles. The average Bonchev–Trinajstić information content (AvgIpc) is 2.79. The molecule has 1 atom stereocenters. The van der Waals surface area contributed by atoms with Crippen LogP contribution in [0.4, 0.5) is 10.1 Å². The van der Waals surface area contributed by atoms with Gasteiger partial charge in [0.15, 0.2) is 0 Å². The summed E-state index contributed by atoms with van der Waals surface area (Å²) in [4.78, 5) is 11.4. The van der Waals surface area contributed by atoms with E-state index in [-0.39, 0.29) is 11.7 Å². The summed E-state index contributed by atoms with van der Waals surface area (Å²) in [6.45, 7) is 0. The Labute approximate surface area is 134 Å². The summed E-state index contributed by atoms with van der Waals surface area (Å²) in [6, 6.07) is 7.65. The number of carbonyl (C=O) groups excluding carboxylic acids is 1. The van der Waals surface area contributed by atoms with Gasteiger partial charge in [0.25, 0.3) is 0 Å². The number of halogens is 3. The number of carbonyl (C=O) groups is 1. The molecule has 0 bridgehead atoms. The Hall–Kier alpha value is -1.43. The summed E-state index contributed by atoms with van der Waals surface area (Å²) in [5.74, 6) is -0.405. The summed E-state index contributed by atoms with van der Waals surface area (Å²) in [6.07, 6.45) is 0.319. The first-order valence-corrected chi connectivity index (χ1v) is 7.45. The molecule has 0 aromatic heterocycles. The molecule has 1 heterocycles. The van der Waals surface area contributed by atoms with Crippen molar-refractivity contribution in [3.8, 4) is 0 Å². The molecule has 0 spiro atoms. The second kappa shape index (κ2) is 5.40. The van der Waals surface area contributed by atoms with Gasteiger partial charge in [-0.1, -0.05) is 17.7 Å². The second-order valence-corrected chi connectivity index (χ2v) is 6.17. The average molecular weight is 370 g/mol. The van der Waals surface area contributed by atoms with Crippen LogP contribution < -0.4 is 11.1 Å². The zero-order chi connectivity index (χ0) is 15.1. The molecule has 1 aliphatic rings. The molecule has 1 amide bonds. The lowest BCUT2D eigenvalue weighted by Crippen LogP contribution is -2.13. The van der Waals surface area contributed by atoms with E-state index in [0.717, 1.165) is 16.8 Å². The van der Waals surface area contributed by atoms with E-state index >= 15 is 0 Å². The molecule has 0 aliphatic carbocycles. The molecule has 0 fully saturated rings. The first-order valence-electron chi connectivity index (χ1n) is 6.28. The van der Waals surface area contributed by atoms with Crippen LogP contribution in [0.1, 0.15) is 22.7 Å². The van der Waals surface area contributed by atoms with E-state index in [2.05, 4.69) is 21.2 Å². The Morgan fingerprint density at radius 2 is 2.10 bits per heavy atom. The van der Waals surface area contributed by atoms with Crippen LogP contribution in [0, 0.1) is 5.82 Å². The molecule has 0 saturated heterocycles. The fourth-order valence-electron chi connectivity index (χ4n) is 2.39. The quantitative estimate of drug-likeness (QED) is 0.846. The minimum atomic E-state index is -0.490. The number of rotatable bonds is 2. The smallest absolute Gasteiger partial charge is 0.228 e. The van der Waals surface area contributed by atoms with Gasteiger partial charge in [0.2, 0.25) is 5.91 Å². The van der Waals surface area contributed by atoms with Crippen molar-refractivity contribution >= 4 is 39.1 Å². The van der Waals surface area contributed by atoms with Gasteiger partial charge in [-0.3, -0.25) is 4.79 Å². The summed E-state index contributed by atoms with van der Waals surface area (Å²) in [7, 11) is 0. The Morgan fingerprint density at radius 3 is 2.81 bits per heavy atom. The third-order valence-corrected chi connectivity index (χ3v) is 4.42. The molecular formula is C15H11BrClFN2O. The molecule has 0 radical (unpaired) electrons. The number of fused-ring (bicyclic) bond motifs is 1. The monoisotopic (exact) mass is 368 g/mol. The maximum atomic E-state index is 13.3. The van der Waals surface area contributed by atoms with Gasteiger partial charge in [-0.05, 0) is 56.9 Å². The fraction of sp³-hybridized carbons (Fsp3) is 0.133. The van der Waals surface area contributed by atoms with Crippen molar-refractivity contribution in [3.63, 3.8) is 0 Å². The number of hydrogen-bond donors (Lipinski definition) is 2. The van der Waals surface area contributed by atoms with Crippen LogP contribution in [0.5, 0.6) is 0 Å². The third-order valence-electron chi connectivity index (χ3n) is 3.49. The van der Waals surface area contributed by atoms with Crippen molar-refractivity contribution in [3.05, 3.63) is 62.3 Å². The first kappa shape index (κ1) is 14.5. The molecule has 3 rings (SSSR count). The lowest BCUT2D eigenvalue weighted by Gasteiger charge is -2.16. The minimum Gasteiger partial charge on any atom is -0.325 e. The van der Waals surface area contributed by atoms with Gasteiger partial charge < -0.3 is 11.1 Å². The summed E-state index contributed by atoms with van der Waals surface area (Å²) >= 11 is 9.40. The summed E-state index contributed by atoms with van der Waals surface area (Å²) in [5.41, 5.74) is 9.28. The van der Waals surface area contributed by atoms with Crippen LogP contribution in [0.15, 0.2) is 34.8 Å². The van der Waals surface area contributed by atoms with Gasteiger partial charge in [-0.2, -0.15) is 0 Å². The highest BCUT2D eigenvalue weighted by Crippen LogP contribution is 2.35. The van der Waals surface area contributed by atoms with Gasteiger partial charge in [0, 0.05) is 10.7 Å². The van der Waals surface area contributed by atoms with Crippen LogP contribution in [0.25, 0.3) is 0 Å². The zero-order valence-electron chi connectivity index (χ0n) is 10.8. The molecule has 2 aromatic rings. The van der Waals surface area contributed by atoms with Crippen LogP contribution in [0.2, 0.25) is 5.02 Å². The lowest BCUT2D eigenvalue weighted by molar-refractivity contribution is -0.115. The number of amides is 1. The SMILES string of the molecule is NC(c1ccc(F)c(Br)c1)c1cc2c(cc1Cl)NC(=O)C2. The Balaban J connectivity index is 2.02. The zero-order valence-corrected chi connectivity index (χ0v) is 13.1. The molecule has 21 heavy (non-hydrogen) atoms. The molecule has 1 aliphatic heterocycles. The van der Waals surface area contributed by atoms with Crippen LogP contribution >= 0.6 is 27.5 Å². The predicted octanol–water partition coefficient (Wildman–Crippen LogP) is 3.78. The van der Waals surface area contributed by atoms with E-state index in [1.165, 1.54) is 6.07 Å². The Bertz CT molecular complexity index is 751. The van der Waals surface area contributed by atoms with E-state index < -0.39 is 6.04 Å². The number of nitrogens with one attached hydrogen (secondary N) is 1. The van der Waals surface area contributed by atoms with Crippen LogP contribution in [0.3, 0.4) is 0 Å². The normalized spacial score (nSPS) is 14.8. The van der Waals surface area contributed by atoms with Gasteiger partial charge in [-0.15, -0.1) is 0 Å². The molecule has 1 unspecified atom stereocenters. The predicted molar refractivity (Wildman–Crippen MR) is 83.9 cm³/mol. The third kappa shape index (κ3) is 2.69. The summed E-state index contributed by atoms with van der Waals surface area (Å²) < 4.78 is 13.7. The van der Waals surface area contributed by atoms with Crippen molar-refractivity contribution in [2.45, 2.75) is 12.5 Å². The van der Waals surface area contributed by atoms with E-state index in [1.54, 1.807) is 18.2 Å². The van der Waals surface area contributed by atoms with Gasteiger partial charge >= 0.3 is 0 Å². The lowest BCUT2D eigenvalue weighted by atomic mass is 9.97. The number of hydrogen-bond acceptors (Lipinski definition) is 2. The van der Waals surface area contributed by atoms with E-state index in [4.69, 9.17) is 17.3 Å². The maximum absolute atomic E-state index is 13.3. The number of anilines is 1. The van der Waals surface area contributed by atoms with Gasteiger partial charge in [0.1, 0.15) is 5.82 Å². The van der Waals surface area contributed by atoms with Crippen molar-refractivity contribution in [2.24, 2.45) is 5.73 Å². The van der Waals surface area contributed by atoms with Crippen molar-refractivity contribution in [2.75, 3.05) is 5.32 Å². The van der Waals surface area contributed by atoms with Crippen LogP contribution in [-0.2, 0) is 11.2 Å². The highest BCUT2D eigenvalue weighted by atomic mass is 79.9. The Morgan fingerprint density at radius 1 is 1.33 bits per heavy atom. The van der Waals surface area contributed by atoms with Crippen molar-refractivity contribution in [1.29, 1.82) is 0 Å². The van der Waals surface area contributed by atoms with Crippen molar-refractivity contribution in [1.82, 2.24) is 0 Å². The molecule has 3 N–H and O–H groups in total. The van der Waals surface area contributed by atoms with Crippen molar-refractivity contribution < 1.29 is 9.18 Å². The van der Waals surface area contributed by atoms with Gasteiger partial charge in [0.05, 0.1) is 16.9 Å². The largest absolute Gasteiger partial charge is 0.325 e. The van der Waals surface area contributed by atoms with E-state index in [0.29, 0.717) is 21.5 Å². The Kier molecular flexibility index (Phi) is 3.73. The van der Waals surface area contributed by atoms with E-state index in [1.807, 2.05) is 6.07 Å². The standard InChI is InChI=1S/C15H11BrClFN2O/c16-10-4-7(1-2-12(10)18)15(19)9-3-8-5-14(21)20-13(8)6-11(9)17/h1-4,6,15H,5,19H2,(H,20,21). The topological polar surface area (TPSA) is 55.1 Å². The first-order chi connectivity index (χ1) is 9.95. The number of benzene rings is 2. The van der Waals surface area contributed by atoms with Crippen LogP contribution in [-0.4, -0.2) is 5.91 Å². The molecule has 3 nitrogen and oxygen atoms in total. The second-order valence-electron chi connectivity index (χ2n) is 4.91. The minimum absolute atomic E-state index is 0.0590. The van der Waals surface area contributed by atoms with E-state index in [9.17, 15) is 9.18 Å². The molecule has 6 heteroatoms. The fourth-order valence-corrected chi connectivity index (χ4v) is 3.07. The van der Waals surface area contributed by atoms with Gasteiger partial charge in [-0.25, -0.2) is 4.39 Å². The molecule has 108 valence electrons.